The van der Waals surface area contributed by atoms with E-state index in [0.717, 1.165) is 5.56 Å². The van der Waals surface area contributed by atoms with Gasteiger partial charge in [-0.3, -0.25) is 14.6 Å². The van der Waals surface area contributed by atoms with Gasteiger partial charge in [0.1, 0.15) is 11.4 Å². The third-order valence-corrected chi connectivity index (χ3v) is 5.41. The van der Waals surface area contributed by atoms with Gasteiger partial charge in [0.2, 0.25) is 0 Å². The van der Waals surface area contributed by atoms with Gasteiger partial charge in [0.25, 0.3) is 11.5 Å². The number of fused-ring (bicyclic) bond motifs is 1. The van der Waals surface area contributed by atoms with Crippen LogP contribution >= 0.6 is 0 Å². The summed E-state index contributed by atoms with van der Waals surface area (Å²) in [6.07, 6.45) is -0.375. The van der Waals surface area contributed by atoms with E-state index >= 15 is 0 Å². The molecule has 2 aromatic heterocycles. The fourth-order valence-electron chi connectivity index (χ4n) is 3.57. The number of hydrogen-bond donors (Lipinski definition) is 5. The van der Waals surface area contributed by atoms with Gasteiger partial charge in [0.05, 0.1) is 16.9 Å². The van der Waals surface area contributed by atoms with Crippen molar-refractivity contribution in [3.8, 4) is 0 Å². The second-order valence-electron chi connectivity index (χ2n) is 7.34. The number of aliphatic hydroxyl groups excluding tert-OH is 1. The molecule has 0 aliphatic carbocycles. The number of pyridine rings is 2. The van der Waals surface area contributed by atoms with Gasteiger partial charge in [0, 0.05) is 31.3 Å². The molecule has 0 spiro atoms. The van der Waals surface area contributed by atoms with Crippen molar-refractivity contribution in [2.24, 2.45) is 5.73 Å². The first-order valence-corrected chi connectivity index (χ1v) is 11.2. The van der Waals surface area contributed by atoms with Crippen molar-refractivity contribution in [2.45, 2.75) is 25.7 Å². The van der Waals surface area contributed by atoms with Gasteiger partial charge >= 0.3 is 0 Å². The minimum Gasteiger partial charge on any atom is -0.368 e. The lowest BCUT2D eigenvalue weighted by molar-refractivity contribution is -0.0380. The van der Waals surface area contributed by atoms with E-state index in [0.29, 0.717) is 17.5 Å². The normalized spacial score (nSPS) is 12.4. The summed E-state index contributed by atoms with van der Waals surface area (Å²) in [7, 11) is 0. The van der Waals surface area contributed by atoms with Crippen LogP contribution in [-0.2, 0) is 30.5 Å². The van der Waals surface area contributed by atoms with Gasteiger partial charge in [-0.25, -0.2) is 8.60 Å². The third-order valence-electron chi connectivity index (χ3n) is 4.95. The van der Waals surface area contributed by atoms with Crippen LogP contribution in [0.3, 0.4) is 0 Å². The predicted octanol–water partition coefficient (Wildman–Crippen LogP) is -0.153. The molecular formula is C21H23FN4O6S. The third kappa shape index (κ3) is 6.06. The maximum atomic E-state index is 13.2. The Morgan fingerprint density at radius 1 is 1.24 bits per heavy atom. The van der Waals surface area contributed by atoms with E-state index in [2.05, 4.69) is 10.3 Å². The molecule has 2 heterocycles. The van der Waals surface area contributed by atoms with E-state index in [1.54, 1.807) is 18.2 Å². The van der Waals surface area contributed by atoms with Crippen molar-refractivity contribution in [1.29, 1.82) is 0 Å². The van der Waals surface area contributed by atoms with Gasteiger partial charge in [-0.1, -0.05) is 12.1 Å². The second kappa shape index (κ2) is 10.7. The zero-order chi connectivity index (χ0) is 24.1. The first-order valence-electron chi connectivity index (χ1n) is 9.90. The Morgan fingerprint density at radius 2 is 1.94 bits per heavy atom. The molecule has 6 N–H and O–H groups in total. The summed E-state index contributed by atoms with van der Waals surface area (Å²) in [5, 5.41) is 21.7. The summed E-state index contributed by atoms with van der Waals surface area (Å²) in [6, 6.07) is 7.58. The van der Waals surface area contributed by atoms with E-state index in [-0.39, 0.29) is 35.9 Å². The first-order chi connectivity index (χ1) is 15.7. The molecule has 10 nitrogen and oxygen atoms in total. The van der Waals surface area contributed by atoms with Crippen LogP contribution in [0.4, 0.5) is 4.39 Å². The Bertz CT molecular complexity index is 1250. The molecule has 0 saturated carbocycles. The first kappa shape index (κ1) is 24.6. The molecule has 1 unspecified atom stereocenters. The maximum Gasteiger partial charge on any atom is 0.264 e. The number of nitrogens with two attached hydrogens (primary N) is 1. The standard InChI is InChI=1S/C21H23FN4O6S/c22-14-3-1-12(2-4-14)7-13-8-16-19(25-10-13)15(9-17(27)28)18(20(23)29)21(30)26(16)6-5-24-11-33(31)32/h1-4,8,10,17,24,27-28H,5-7,9,11H2,(H2,23,29)(H,31,32). The molecule has 1 amide bonds. The fourth-order valence-corrected chi connectivity index (χ4v) is 3.89. The smallest absolute Gasteiger partial charge is 0.264 e. The van der Waals surface area contributed by atoms with Gasteiger partial charge < -0.3 is 30.4 Å². The monoisotopic (exact) mass is 478 g/mol. The van der Waals surface area contributed by atoms with Crippen LogP contribution in [0, 0.1) is 5.82 Å². The summed E-state index contributed by atoms with van der Waals surface area (Å²) in [5.74, 6) is -1.61. The van der Waals surface area contributed by atoms with Crippen molar-refractivity contribution in [2.75, 3.05) is 12.4 Å². The molecule has 0 bridgehead atoms. The second-order valence-corrected chi connectivity index (χ2v) is 8.27. The zero-order valence-corrected chi connectivity index (χ0v) is 18.2. The lowest BCUT2D eigenvalue weighted by Gasteiger charge is -2.17. The van der Waals surface area contributed by atoms with Crippen molar-refractivity contribution >= 4 is 28.0 Å². The number of halogens is 1. The molecule has 0 aliphatic heterocycles. The highest BCUT2D eigenvalue weighted by Crippen LogP contribution is 2.22. The van der Waals surface area contributed by atoms with Gasteiger partial charge in [-0.15, -0.1) is 0 Å². The molecule has 33 heavy (non-hydrogen) atoms. The van der Waals surface area contributed by atoms with Crippen LogP contribution in [0.2, 0.25) is 0 Å². The number of aromatic nitrogens is 2. The van der Waals surface area contributed by atoms with Crippen LogP contribution < -0.4 is 16.6 Å². The number of rotatable bonds is 10. The summed E-state index contributed by atoms with van der Waals surface area (Å²) in [5.41, 5.74) is 6.32. The van der Waals surface area contributed by atoms with Crippen molar-refractivity contribution < 1.29 is 28.2 Å². The number of carbonyl (C=O) groups is 1. The Kier molecular flexibility index (Phi) is 8.00. The molecule has 0 aliphatic rings. The quantitative estimate of drug-likeness (QED) is 0.152. The van der Waals surface area contributed by atoms with Crippen molar-refractivity contribution in [3.05, 3.63) is 75.0 Å². The average molecular weight is 479 g/mol. The van der Waals surface area contributed by atoms with E-state index in [9.17, 15) is 28.4 Å². The number of amides is 1. The molecule has 0 saturated heterocycles. The highest BCUT2D eigenvalue weighted by Gasteiger charge is 2.23. The molecular weight excluding hydrogens is 455 g/mol. The molecule has 12 heteroatoms. The molecule has 176 valence electrons. The Morgan fingerprint density at radius 3 is 2.55 bits per heavy atom. The minimum atomic E-state index is -2.07. The number of carbonyl (C=O) groups excluding carboxylic acids is 1. The number of benzene rings is 1. The Balaban J connectivity index is 2.14. The minimum absolute atomic E-state index is 0.0199. The summed E-state index contributed by atoms with van der Waals surface area (Å²) < 4.78 is 34.2. The SMILES string of the molecule is NC(=O)c1c(CC(O)O)c2ncc(Cc3ccc(F)cc3)cc2n(CCNCS(=O)O)c1=O. The van der Waals surface area contributed by atoms with E-state index in [1.807, 2.05) is 0 Å². The van der Waals surface area contributed by atoms with Crippen molar-refractivity contribution in [3.63, 3.8) is 0 Å². The van der Waals surface area contributed by atoms with Gasteiger partial charge in [0.15, 0.2) is 17.4 Å². The van der Waals surface area contributed by atoms with Gasteiger partial charge in [-0.05, 0) is 35.7 Å². The topological polar surface area (TPSA) is 168 Å². The highest BCUT2D eigenvalue weighted by molar-refractivity contribution is 7.79. The number of hydrogen-bond acceptors (Lipinski definition) is 7. The number of nitrogens with zero attached hydrogens (tertiary/aromatic N) is 2. The predicted molar refractivity (Wildman–Crippen MR) is 119 cm³/mol. The van der Waals surface area contributed by atoms with Crippen molar-refractivity contribution in [1.82, 2.24) is 14.9 Å². The van der Waals surface area contributed by atoms with E-state index in [4.69, 9.17) is 10.3 Å². The van der Waals surface area contributed by atoms with E-state index < -0.39 is 40.8 Å². The van der Waals surface area contributed by atoms with Crippen LogP contribution in [0.1, 0.15) is 27.0 Å². The van der Waals surface area contributed by atoms with E-state index in [1.165, 1.54) is 22.9 Å². The van der Waals surface area contributed by atoms with Crippen LogP contribution in [0.25, 0.3) is 11.0 Å². The highest BCUT2D eigenvalue weighted by atomic mass is 32.2. The fraction of sp³-hybridized carbons (Fsp3) is 0.286. The average Bonchev–Trinajstić information content (AvgIpc) is 2.73. The molecule has 1 aromatic carbocycles. The lowest BCUT2D eigenvalue weighted by Crippen LogP contribution is -2.35. The molecule has 3 aromatic rings. The largest absolute Gasteiger partial charge is 0.368 e. The van der Waals surface area contributed by atoms with Crippen LogP contribution in [-0.4, -0.2) is 53.1 Å². The summed E-state index contributed by atoms with van der Waals surface area (Å²) in [6.45, 7) is 0.153. The number of aliphatic hydroxyl groups is 2. The molecule has 3 rings (SSSR count). The summed E-state index contributed by atoms with van der Waals surface area (Å²) in [4.78, 5) is 29.6. The zero-order valence-electron chi connectivity index (χ0n) is 17.4. The Hall–Kier alpha value is -3.03. The number of primary amides is 1. The van der Waals surface area contributed by atoms with Crippen LogP contribution in [0.15, 0.2) is 41.3 Å². The molecule has 0 fully saturated rings. The maximum absolute atomic E-state index is 13.2. The number of nitrogens with one attached hydrogen (secondary N) is 1. The molecule has 0 radical (unpaired) electrons. The van der Waals surface area contributed by atoms with Gasteiger partial charge in [-0.2, -0.15) is 0 Å². The Labute approximate surface area is 190 Å². The molecule has 1 atom stereocenters. The lowest BCUT2D eigenvalue weighted by atomic mass is 10.0. The summed E-state index contributed by atoms with van der Waals surface area (Å²) >= 11 is -2.07. The van der Waals surface area contributed by atoms with Crippen LogP contribution in [0.5, 0.6) is 0 Å².